The Bertz CT molecular complexity index is 979. The third-order valence-corrected chi connectivity index (χ3v) is 6.67. The van der Waals surface area contributed by atoms with Crippen LogP contribution < -0.4 is 10.0 Å². The minimum absolute atomic E-state index is 0.139. The first-order valence-electron chi connectivity index (χ1n) is 10.6. The second kappa shape index (κ2) is 10.3. The van der Waals surface area contributed by atoms with Crippen molar-refractivity contribution in [2.75, 3.05) is 36.7 Å². The molecule has 2 aromatic rings. The maximum absolute atomic E-state index is 12.9. The van der Waals surface area contributed by atoms with Gasteiger partial charge in [0.05, 0.1) is 18.0 Å². The van der Waals surface area contributed by atoms with Gasteiger partial charge in [0, 0.05) is 39.3 Å². The molecule has 0 spiro atoms. The first kappa shape index (κ1) is 23.2. The summed E-state index contributed by atoms with van der Waals surface area (Å²) in [7, 11) is -3.46. The first-order chi connectivity index (χ1) is 14.8. The van der Waals surface area contributed by atoms with Gasteiger partial charge in [-0.05, 0) is 30.5 Å². The van der Waals surface area contributed by atoms with Crippen LogP contribution in [0, 0.1) is 0 Å². The summed E-state index contributed by atoms with van der Waals surface area (Å²) in [4.78, 5) is 16.9. The number of amides is 1. The van der Waals surface area contributed by atoms with Crippen LogP contribution in [0.5, 0.6) is 0 Å². The molecule has 3 rings (SSSR count). The van der Waals surface area contributed by atoms with Gasteiger partial charge in [-0.25, -0.2) is 8.42 Å². The van der Waals surface area contributed by atoms with E-state index in [0.29, 0.717) is 38.3 Å². The Hall–Kier alpha value is -2.42. The van der Waals surface area contributed by atoms with Crippen molar-refractivity contribution in [3.63, 3.8) is 0 Å². The molecule has 2 aromatic carbocycles. The van der Waals surface area contributed by atoms with Crippen LogP contribution in [-0.4, -0.2) is 62.6 Å². The molecule has 0 radical (unpaired) electrons. The second-order valence-corrected chi connectivity index (χ2v) is 10.0. The predicted molar refractivity (Wildman–Crippen MR) is 124 cm³/mol. The zero-order valence-electron chi connectivity index (χ0n) is 18.3. The summed E-state index contributed by atoms with van der Waals surface area (Å²) < 4.78 is 26.7. The molecule has 1 aliphatic heterocycles. The van der Waals surface area contributed by atoms with E-state index >= 15 is 0 Å². The molecule has 0 saturated carbocycles. The minimum Gasteiger partial charge on any atom is -0.336 e. The van der Waals surface area contributed by atoms with Crippen molar-refractivity contribution < 1.29 is 13.2 Å². The van der Waals surface area contributed by atoms with Gasteiger partial charge in [0.1, 0.15) is 0 Å². The van der Waals surface area contributed by atoms with Gasteiger partial charge in [-0.3, -0.25) is 14.0 Å². The van der Waals surface area contributed by atoms with Crippen LogP contribution in [0.4, 0.5) is 5.69 Å². The van der Waals surface area contributed by atoms with Crippen molar-refractivity contribution in [3.8, 4) is 0 Å². The van der Waals surface area contributed by atoms with E-state index in [1.807, 2.05) is 42.5 Å². The van der Waals surface area contributed by atoms with E-state index in [4.69, 9.17) is 5.73 Å². The number of para-hydroxylation sites is 1. The average Bonchev–Trinajstić information content (AvgIpc) is 2.76. The summed E-state index contributed by atoms with van der Waals surface area (Å²) in [6.07, 6.45) is 1.92. The van der Waals surface area contributed by atoms with Gasteiger partial charge in [-0.2, -0.15) is 0 Å². The molecule has 1 heterocycles. The molecule has 168 valence electrons. The monoisotopic (exact) mass is 444 g/mol. The zero-order chi connectivity index (χ0) is 22.4. The number of nitrogens with zero attached hydrogens (tertiary/aromatic N) is 3. The SMILES string of the molecule is C[C@@H](N)C(=O)N1CCN(Cc2ccccc2)CCCN(S(C)(=O)=O)c2ccccc2C1. The van der Waals surface area contributed by atoms with Crippen LogP contribution in [0.25, 0.3) is 0 Å². The number of rotatable bonds is 4. The first-order valence-corrected chi connectivity index (χ1v) is 12.5. The Morgan fingerprint density at radius 3 is 2.35 bits per heavy atom. The van der Waals surface area contributed by atoms with Gasteiger partial charge in [0.25, 0.3) is 0 Å². The van der Waals surface area contributed by atoms with E-state index in [-0.39, 0.29) is 5.91 Å². The number of carbonyl (C=O) groups excluding carboxylic acids is 1. The summed E-state index contributed by atoms with van der Waals surface area (Å²) in [5.41, 5.74) is 8.54. The Morgan fingerprint density at radius 1 is 1.00 bits per heavy atom. The normalized spacial score (nSPS) is 17.5. The zero-order valence-corrected chi connectivity index (χ0v) is 19.1. The number of hydrogen-bond donors (Lipinski definition) is 1. The van der Waals surface area contributed by atoms with Crippen molar-refractivity contribution in [3.05, 3.63) is 65.7 Å². The minimum atomic E-state index is -3.46. The van der Waals surface area contributed by atoms with Crippen LogP contribution in [0.3, 0.4) is 0 Å². The van der Waals surface area contributed by atoms with E-state index in [2.05, 4.69) is 17.0 Å². The fourth-order valence-corrected chi connectivity index (χ4v) is 4.92. The van der Waals surface area contributed by atoms with Gasteiger partial charge in [-0.15, -0.1) is 0 Å². The molecule has 31 heavy (non-hydrogen) atoms. The molecule has 8 heteroatoms. The number of hydrogen-bond acceptors (Lipinski definition) is 5. The summed E-state index contributed by atoms with van der Waals surface area (Å²) in [5, 5.41) is 0. The van der Waals surface area contributed by atoms with E-state index < -0.39 is 16.1 Å². The van der Waals surface area contributed by atoms with Crippen LogP contribution in [-0.2, 0) is 27.9 Å². The third kappa shape index (κ3) is 6.29. The predicted octanol–water partition coefficient (Wildman–Crippen LogP) is 2.03. The topological polar surface area (TPSA) is 87.0 Å². The molecular formula is C23H32N4O3S. The molecule has 0 aromatic heterocycles. The Balaban J connectivity index is 1.94. The lowest BCUT2D eigenvalue weighted by molar-refractivity contribution is -0.133. The molecule has 7 nitrogen and oxygen atoms in total. The van der Waals surface area contributed by atoms with Crippen molar-refractivity contribution in [2.24, 2.45) is 5.73 Å². The van der Waals surface area contributed by atoms with Crippen LogP contribution in [0.15, 0.2) is 54.6 Å². The largest absolute Gasteiger partial charge is 0.336 e. The smallest absolute Gasteiger partial charge is 0.239 e. The molecule has 0 fully saturated rings. The summed E-state index contributed by atoms with van der Waals surface area (Å²) >= 11 is 0. The van der Waals surface area contributed by atoms with Gasteiger partial charge >= 0.3 is 0 Å². The standard InChI is InChI=1S/C23H32N4O3S/c1-19(24)23(28)26-16-15-25(17-20-9-4-3-5-10-20)13-8-14-27(31(2,29)30)22-12-7-6-11-21(22)18-26/h3-7,9-12,19H,8,13-18,24H2,1-2H3/t19-/m1/s1. The third-order valence-electron chi connectivity index (χ3n) is 5.49. The highest BCUT2D eigenvalue weighted by atomic mass is 32.2. The maximum atomic E-state index is 12.9. The van der Waals surface area contributed by atoms with Crippen molar-refractivity contribution in [2.45, 2.75) is 32.5 Å². The summed E-state index contributed by atoms with van der Waals surface area (Å²) in [5.74, 6) is -0.139. The lowest BCUT2D eigenvalue weighted by atomic mass is 10.1. The number of carbonyl (C=O) groups is 1. The molecule has 0 bridgehead atoms. The van der Waals surface area contributed by atoms with Crippen LogP contribution in [0.1, 0.15) is 24.5 Å². The van der Waals surface area contributed by atoms with E-state index in [9.17, 15) is 13.2 Å². The molecule has 0 saturated heterocycles. The van der Waals surface area contributed by atoms with Crippen molar-refractivity contribution >= 4 is 21.6 Å². The molecule has 2 N–H and O–H groups in total. The second-order valence-electron chi connectivity index (χ2n) is 8.13. The number of anilines is 1. The summed E-state index contributed by atoms with van der Waals surface area (Å²) in [6.45, 7) is 5.08. The van der Waals surface area contributed by atoms with Crippen molar-refractivity contribution in [1.82, 2.24) is 9.80 Å². The lowest BCUT2D eigenvalue weighted by Crippen LogP contribution is -2.45. The highest BCUT2D eigenvalue weighted by Gasteiger charge is 2.25. The molecule has 0 aliphatic carbocycles. The van der Waals surface area contributed by atoms with Crippen molar-refractivity contribution in [1.29, 1.82) is 0 Å². The molecular weight excluding hydrogens is 412 g/mol. The van der Waals surface area contributed by atoms with Gasteiger partial charge < -0.3 is 10.6 Å². The molecule has 0 unspecified atom stereocenters. The Morgan fingerprint density at radius 2 is 1.68 bits per heavy atom. The summed E-state index contributed by atoms with van der Waals surface area (Å²) in [6, 6.07) is 16.9. The number of nitrogens with two attached hydrogens (primary N) is 1. The Kier molecular flexibility index (Phi) is 7.69. The molecule has 1 amide bonds. The highest BCUT2D eigenvalue weighted by molar-refractivity contribution is 7.92. The fourth-order valence-electron chi connectivity index (χ4n) is 3.93. The van der Waals surface area contributed by atoms with E-state index in [1.54, 1.807) is 11.8 Å². The van der Waals surface area contributed by atoms with Gasteiger partial charge in [0.2, 0.25) is 15.9 Å². The average molecular weight is 445 g/mol. The highest BCUT2D eigenvalue weighted by Crippen LogP contribution is 2.25. The fraction of sp³-hybridized carbons (Fsp3) is 0.435. The van der Waals surface area contributed by atoms with E-state index in [1.165, 1.54) is 16.1 Å². The Labute approximate surface area is 185 Å². The quantitative estimate of drug-likeness (QED) is 0.780. The lowest BCUT2D eigenvalue weighted by Gasteiger charge is -2.29. The van der Waals surface area contributed by atoms with Crippen LogP contribution in [0.2, 0.25) is 0 Å². The number of benzene rings is 2. The van der Waals surface area contributed by atoms with Gasteiger partial charge in [0.15, 0.2) is 0 Å². The molecule has 1 atom stereocenters. The number of fused-ring (bicyclic) bond motifs is 1. The van der Waals surface area contributed by atoms with Gasteiger partial charge in [-0.1, -0.05) is 48.5 Å². The molecule has 1 aliphatic rings. The maximum Gasteiger partial charge on any atom is 0.239 e. The van der Waals surface area contributed by atoms with E-state index in [0.717, 1.165) is 18.7 Å². The number of sulfonamides is 1. The van der Waals surface area contributed by atoms with Crippen LogP contribution >= 0.6 is 0 Å².